The van der Waals surface area contributed by atoms with E-state index in [4.69, 9.17) is 0 Å². The molecule has 0 aliphatic heterocycles. The molecule has 1 rings (SSSR count). The lowest BCUT2D eigenvalue weighted by Crippen LogP contribution is -2.47. The highest BCUT2D eigenvalue weighted by Crippen LogP contribution is 2.43. The Hall–Kier alpha value is -0.0400. The number of hydrogen-bond donors (Lipinski definition) is 1. The maximum Gasteiger partial charge on any atom is 0.0123 e. The van der Waals surface area contributed by atoms with Crippen molar-refractivity contribution < 1.29 is 0 Å². The first-order valence-corrected chi connectivity index (χ1v) is 7.22. The van der Waals surface area contributed by atoms with Crippen LogP contribution in [0.25, 0.3) is 0 Å². The van der Waals surface area contributed by atoms with Crippen LogP contribution < -0.4 is 5.32 Å². The summed E-state index contributed by atoms with van der Waals surface area (Å²) in [6, 6.07) is 0.718. The Balaban J connectivity index is 2.67. The average Bonchev–Trinajstić information content (AvgIpc) is 2.20. The molecule has 1 saturated carbocycles. The zero-order valence-corrected chi connectivity index (χ0v) is 12.0. The molecule has 96 valence electrons. The minimum atomic E-state index is 0.536. The summed E-state index contributed by atoms with van der Waals surface area (Å²) in [5, 5.41) is 3.79. The van der Waals surface area contributed by atoms with Crippen molar-refractivity contribution in [1.82, 2.24) is 5.32 Å². The molecule has 0 spiro atoms. The topological polar surface area (TPSA) is 12.0 Å². The fraction of sp³-hybridized carbons (Fsp3) is 1.00. The third-order valence-corrected chi connectivity index (χ3v) is 4.37. The SMILES string of the molecule is CCCNC(C(C)C)C1CCCCC1(C)C. The molecule has 0 aromatic rings. The lowest BCUT2D eigenvalue weighted by atomic mass is 9.64. The van der Waals surface area contributed by atoms with Crippen molar-refractivity contribution in [1.29, 1.82) is 0 Å². The number of hydrogen-bond acceptors (Lipinski definition) is 1. The minimum Gasteiger partial charge on any atom is -0.313 e. The smallest absolute Gasteiger partial charge is 0.0123 e. The summed E-state index contributed by atoms with van der Waals surface area (Å²) < 4.78 is 0. The molecule has 0 radical (unpaired) electrons. The Morgan fingerprint density at radius 3 is 2.44 bits per heavy atom. The van der Waals surface area contributed by atoms with Crippen LogP contribution in [-0.2, 0) is 0 Å². The quantitative estimate of drug-likeness (QED) is 0.738. The van der Waals surface area contributed by atoms with E-state index < -0.39 is 0 Å². The summed E-state index contributed by atoms with van der Waals surface area (Å²) >= 11 is 0. The van der Waals surface area contributed by atoms with E-state index in [0.717, 1.165) is 17.9 Å². The summed E-state index contributed by atoms with van der Waals surface area (Å²) in [5.74, 6) is 1.63. The van der Waals surface area contributed by atoms with Gasteiger partial charge in [0, 0.05) is 6.04 Å². The first kappa shape index (κ1) is 14.0. The van der Waals surface area contributed by atoms with Gasteiger partial charge in [-0.15, -0.1) is 0 Å². The number of rotatable bonds is 5. The first-order valence-electron chi connectivity index (χ1n) is 7.22. The van der Waals surface area contributed by atoms with Gasteiger partial charge in [-0.05, 0) is 43.1 Å². The zero-order valence-electron chi connectivity index (χ0n) is 12.0. The molecule has 1 nitrogen and oxygen atoms in total. The van der Waals surface area contributed by atoms with Crippen LogP contribution in [0.2, 0.25) is 0 Å². The van der Waals surface area contributed by atoms with Crippen molar-refractivity contribution in [2.24, 2.45) is 17.3 Å². The van der Waals surface area contributed by atoms with E-state index >= 15 is 0 Å². The Morgan fingerprint density at radius 2 is 1.94 bits per heavy atom. The van der Waals surface area contributed by atoms with Crippen LogP contribution in [0.4, 0.5) is 0 Å². The van der Waals surface area contributed by atoms with Crippen LogP contribution in [0.3, 0.4) is 0 Å². The van der Waals surface area contributed by atoms with Gasteiger partial charge in [-0.25, -0.2) is 0 Å². The summed E-state index contributed by atoms with van der Waals surface area (Å²) in [4.78, 5) is 0. The molecule has 1 aliphatic rings. The van der Waals surface area contributed by atoms with Crippen molar-refractivity contribution in [2.75, 3.05) is 6.54 Å². The normalized spacial score (nSPS) is 27.0. The molecule has 0 amide bonds. The summed E-state index contributed by atoms with van der Waals surface area (Å²) in [6.45, 7) is 13.1. The van der Waals surface area contributed by atoms with E-state index in [0.29, 0.717) is 5.41 Å². The van der Waals surface area contributed by atoms with Crippen LogP contribution in [-0.4, -0.2) is 12.6 Å². The Bertz CT molecular complexity index is 196. The molecule has 1 N–H and O–H groups in total. The first-order chi connectivity index (χ1) is 7.49. The summed E-state index contributed by atoms with van der Waals surface area (Å²) in [5.41, 5.74) is 0.536. The molecule has 0 heterocycles. The van der Waals surface area contributed by atoms with Gasteiger partial charge >= 0.3 is 0 Å². The van der Waals surface area contributed by atoms with Gasteiger partial charge in [0.25, 0.3) is 0 Å². The second-order valence-corrected chi connectivity index (χ2v) is 6.56. The molecular weight excluding hydrogens is 194 g/mol. The molecule has 2 atom stereocenters. The second kappa shape index (κ2) is 6.05. The predicted molar refractivity (Wildman–Crippen MR) is 72.7 cm³/mol. The van der Waals surface area contributed by atoms with Crippen molar-refractivity contribution in [3.05, 3.63) is 0 Å². The molecule has 1 aliphatic carbocycles. The molecule has 1 heteroatoms. The van der Waals surface area contributed by atoms with Gasteiger partial charge < -0.3 is 5.32 Å². The monoisotopic (exact) mass is 225 g/mol. The maximum absolute atomic E-state index is 3.79. The lowest BCUT2D eigenvalue weighted by Gasteiger charge is -2.45. The second-order valence-electron chi connectivity index (χ2n) is 6.56. The van der Waals surface area contributed by atoms with Gasteiger partial charge in [0.1, 0.15) is 0 Å². The Morgan fingerprint density at radius 1 is 1.25 bits per heavy atom. The maximum atomic E-state index is 3.79. The van der Waals surface area contributed by atoms with E-state index in [1.54, 1.807) is 0 Å². The third-order valence-electron chi connectivity index (χ3n) is 4.37. The van der Waals surface area contributed by atoms with Crippen molar-refractivity contribution >= 4 is 0 Å². The van der Waals surface area contributed by atoms with Crippen LogP contribution in [0.5, 0.6) is 0 Å². The Labute approximate surface area is 102 Å². The molecule has 0 saturated heterocycles. The lowest BCUT2D eigenvalue weighted by molar-refractivity contribution is 0.0799. The highest BCUT2D eigenvalue weighted by molar-refractivity contribution is 4.91. The zero-order chi connectivity index (χ0) is 12.2. The average molecular weight is 225 g/mol. The standard InChI is InChI=1S/C15H31N/c1-6-11-16-14(12(2)3)13-9-7-8-10-15(13,4)5/h12-14,16H,6-11H2,1-5H3. The van der Waals surface area contributed by atoms with Gasteiger partial charge in [0.2, 0.25) is 0 Å². The van der Waals surface area contributed by atoms with Crippen LogP contribution in [0, 0.1) is 17.3 Å². The van der Waals surface area contributed by atoms with E-state index in [1.807, 2.05) is 0 Å². The van der Waals surface area contributed by atoms with Gasteiger partial charge in [0.05, 0.1) is 0 Å². The van der Waals surface area contributed by atoms with Crippen molar-refractivity contribution in [3.63, 3.8) is 0 Å². The van der Waals surface area contributed by atoms with Crippen molar-refractivity contribution in [2.45, 2.75) is 72.8 Å². The molecule has 0 aromatic carbocycles. The van der Waals surface area contributed by atoms with Gasteiger partial charge in [-0.1, -0.05) is 47.5 Å². The highest BCUT2D eigenvalue weighted by atomic mass is 14.9. The van der Waals surface area contributed by atoms with Gasteiger partial charge in [-0.2, -0.15) is 0 Å². The highest BCUT2D eigenvalue weighted by Gasteiger charge is 2.38. The van der Waals surface area contributed by atoms with Gasteiger partial charge in [0.15, 0.2) is 0 Å². The fourth-order valence-corrected chi connectivity index (χ4v) is 3.34. The van der Waals surface area contributed by atoms with Gasteiger partial charge in [-0.3, -0.25) is 0 Å². The predicted octanol–water partition coefficient (Wildman–Crippen LogP) is 4.23. The molecule has 16 heavy (non-hydrogen) atoms. The van der Waals surface area contributed by atoms with Crippen LogP contribution in [0.1, 0.15) is 66.7 Å². The van der Waals surface area contributed by atoms with E-state index in [-0.39, 0.29) is 0 Å². The van der Waals surface area contributed by atoms with Crippen molar-refractivity contribution in [3.8, 4) is 0 Å². The number of nitrogens with one attached hydrogen (secondary N) is 1. The third kappa shape index (κ3) is 3.48. The van der Waals surface area contributed by atoms with E-state index in [2.05, 4.69) is 39.9 Å². The van der Waals surface area contributed by atoms with E-state index in [9.17, 15) is 0 Å². The molecular formula is C15H31N. The van der Waals surface area contributed by atoms with Crippen LogP contribution in [0.15, 0.2) is 0 Å². The van der Waals surface area contributed by atoms with E-state index in [1.165, 1.54) is 38.6 Å². The molecule has 0 bridgehead atoms. The minimum absolute atomic E-state index is 0.536. The largest absolute Gasteiger partial charge is 0.313 e. The molecule has 0 aromatic heterocycles. The van der Waals surface area contributed by atoms with Crippen LogP contribution >= 0.6 is 0 Å². The molecule has 2 unspecified atom stereocenters. The molecule has 1 fully saturated rings. The fourth-order valence-electron chi connectivity index (χ4n) is 3.34. The summed E-state index contributed by atoms with van der Waals surface area (Å²) in [6.07, 6.45) is 6.95. The summed E-state index contributed by atoms with van der Waals surface area (Å²) in [7, 11) is 0. The Kier molecular flexibility index (Phi) is 5.30.